The molecule has 112 valence electrons. The Balaban J connectivity index is 1.72. The molecule has 7 heteroatoms. The molecule has 0 bridgehead atoms. The van der Waals surface area contributed by atoms with Crippen molar-refractivity contribution in [3.8, 4) is 0 Å². The molecule has 0 radical (unpaired) electrons. The lowest BCUT2D eigenvalue weighted by Crippen LogP contribution is -2.30. The van der Waals surface area contributed by atoms with Crippen LogP contribution in [0.1, 0.15) is 38.5 Å². The van der Waals surface area contributed by atoms with Crippen LogP contribution in [0.3, 0.4) is 0 Å². The molecule has 1 N–H and O–H groups in total. The van der Waals surface area contributed by atoms with Gasteiger partial charge in [0.1, 0.15) is 12.9 Å². The number of nitrogens with zero attached hydrogens (tertiary/aromatic N) is 3. The van der Waals surface area contributed by atoms with Crippen molar-refractivity contribution < 1.29 is 9.00 Å². The van der Waals surface area contributed by atoms with E-state index in [0.717, 1.165) is 18.9 Å². The van der Waals surface area contributed by atoms with Crippen LogP contribution in [-0.2, 0) is 22.1 Å². The van der Waals surface area contributed by atoms with Crippen molar-refractivity contribution in [1.29, 1.82) is 0 Å². The van der Waals surface area contributed by atoms with Crippen molar-refractivity contribution in [3.63, 3.8) is 0 Å². The summed E-state index contributed by atoms with van der Waals surface area (Å²) in [7, 11) is -1.23. The number of nitrogens with one attached hydrogen (secondary N) is 1. The second-order valence-electron chi connectivity index (χ2n) is 5.34. The van der Waals surface area contributed by atoms with Gasteiger partial charge in [-0.15, -0.1) is 10.2 Å². The number of rotatable bonds is 6. The predicted molar refractivity (Wildman–Crippen MR) is 76.6 cm³/mol. The molecule has 1 atom stereocenters. The molecule has 2 rings (SSSR count). The van der Waals surface area contributed by atoms with E-state index in [0.29, 0.717) is 5.16 Å². The lowest BCUT2D eigenvalue weighted by atomic mass is 9.87. The molecule has 0 saturated heterocycles. The summed E-state index contributed by atoms with van der Waals surface area (Å²) in [4.78, 5) is 11.8. The molecule has 0 spiro atoms. The van der Waals surface area contributed by atoms with E-state index in [1.165, 1.54) is 49.3 Å². The molecule has 0 aromatic carbocycles. The van der Waals surface area contributed by atoms with Gasteiger partial charge >= 0.3 is 0 Å². The molecule has 20 heavy (non-hydrogen) atoms. The molecule has 1 aliphatic carbocycles. The van der Waals surface area contributed by atoms with Gasteiger partial charge in [0, 0.05) is 12.8 Å². The summed E-state index contributed by atoms with van der Waals surface area (Å²) in [5.74, 6) is 0.685. The molecule has 1 aromatic rings. The second-order valence-corrected chi connectivity index (χ2v) is 6.61. The number of hydrogen-bond donors (Lipinski definition) is 1. The largest absolute Gasteiger partial charge is 0.355 e. The summed E-state index contributed by atoms with van der Waals surface area (Å²) in [6, 6.07) is 0. The third kappa shape index (κ3) is 4.40. The lowest BCUT2D eigenvalue weighted by Gasteiger charge is -2.21. The number of carbonyl (C=O) groups excluding carboxylic acids is 1. The highest BCUT2D eigenvalue weighted by atomic mass is 32.2. The molecule has 0 aliphatic heterocycles. The molecule has 1 aliphatic rings. The monoisotopic (exact) mass is 298 g/mol. The van der Waals surface area contributed by atoms with Gasteiger partial charge in [-0.25, -0.2) is 0 Å². The topological polar surface area (TPSA) is 76.9 Å². The zero-order valence-corrected chi connectivity index (χ0v) is 12.7. The van der Waals surface area contributed by atoms with Crippen LogP contribution in [0.5, 0.6) is 0 Å². The van der Waals surface area contributed by atoms with Crippen LogP contribution in [-0.4, -0.2) is 37.7 Å². The van der Waals surface area contributed by atoms with Gasteiger partial charge in [-0.1, -0.05) is 32.1 Å². The quantitative estimate of drug-likeness (QED) is 0.853. The minimum Gasteiger partial charge on any atom is -0.355 e. The first-order valence-electron chi connectivity index (χ1n) is 7.14. The highest BCUT2D eigenvalue weighted by Crippen LogP contribution is 2.25. The maximum Gasteiger partial charge on any atom is 0.240 e. The van der Waals surface area contributed by atoms with Crippen LogP contribution >= 0.6 is 0 Å². The summed E-state index contributed by atoms with van der Waals surface area (Å²) in [6.07, 6.45) is 10.6. The molecule has 1 saturated carbocycles. The smallest absolute Gasteiger partial charge is 0.240 e. The van der Waals surface area contributed by atoms with E-state index in [1.807, 2.05) is 0 Å². The highest BCUT2D eigenvalue weighted by Gasteiger charge is 2.14. The van der Waals surface area contributed by atoms with Crippen LogP contribution in [0, 0.1) is 5.92 Å². The van der Waals surface area contributed by atoms with E-state index in [-0.39, 0.29) is 12.5 Å². The predicted octanol–water partition coefficient (Wildman–Crippen LogP) is 1.10. The number of amides is 1. The van der Waals surface area contributed by atoms with Crippen molar-refractivity contribution in [1.82, 2.24) is 20.1 Å². The van der Waals surface area contributed by atoms with Gasteiger partial charge in [0.05, 0.1) is 10.8 Å². The van der Waals surface area contributed by atoms with Crippen molar-refractivity contribution in [2.45, 2.75) is 50.2 Å². The van der Waals surface area contributed by atoms with E-state index in [4.69, 9.17) is 0 Å². The SMILES string of the molecule is CS(=O)c1nncn1CC(=O)NCCC1CCCCC1. The van der Waals surface area contributed by atoms with E-state index < -0.39 is 10.8 Å². The summed E-state index contributed by atoms with van der Waals surface area (Å²) in [5, 5.41) is 10.7. The Morgan fingerprint density at radius 1 is 1.45 bits per heavy atom. The maximum absolute atomic E-state index is 11.8. The zero-order valence-electron chi connectivity index (χ0n) is 11.9. The van der Waals surface area contributed by atoms with Crippen molar-refractivity contribution in [3.05, 3.63) is 6.33 Å². The van der Waals surface area contributed by atoms with Crippen molar-refractivity contribution in [2.75, 3.05) is 12.8 Å². The Labute approximate surface area is 121 Å². The van der Waals surface area contributed by atoms with Crippen molar-refractivity contribution >= 4 is 16.7 Å². The normalized spacial score (nSPS) is 17.9. The van der Waals surface area contributed by atoms with Crippen LogP contribution in [0.15, 0.2) is 11.5 Å². The van der Waals surface area contributed by atoms with E-state index >= 15 is 0 Å². The molecular weight excluding hydrogens is 276 g/mol. The Morgan fingerprint density at radius 3 is 2.90 bits per heavy atom. The van der Waals surface area contributed by atoms with Crippen molar-refractivity contribution in [2.24, 2.45) is 5.92 Å². The minimum absolute atomic E-state index is 0.0766. The zero-order chi connectivity index (χ0) is 14.4. The third-order valence-electron chi connectivity index (χ3n) is 3.75. The second kappa shape index (κ2) is 7.52. The molecule has 1 amide bonds. The third-order valence-corrected chi connectivity index (χ3v) is 4.58. The molecule has 1 heterocycles. The number of hydrogen-bond acceptors (Lipinski definition) is 4. The molecule has 6 nitrogen and oxygen atoms in total. The van der Waals surface area contributed by atoms with Crippen LogP contribution < -0.4 is 5.32 Å². The lowest BCUT2D eigenvalue weighted by molar-refractivity contribution is -0.121. The minimum atomic E-state index is -1.23. The van der Waals surface area contributed by atoms with E-state index in [9.17, 15) is 9.00 Å². The molecular formula is C13H22N4O2S. The van der Waals surface area contributed by atoms with Crippen LogP contribution in [0.25, 0.3) is 0 Å². The first-order valence-corrected chi connectivity index (χ1v) is 8.70. The average Bonchev–Trinajstić information content (AvgIpc) is 2.88. The fraction of sp³-hybridized carbons (Fsp3) is 0.769. The van der Waals surface area contributed by atoms with Gasteiger partial charge in [0.2, 0.25) is 11.1 Å². The van der Waals surface area contributed by atoms with Gasteiger partial charge in [-0.2, -0.15) is 0 Å². The van der Waals surface area contributed by atoms with Gasteiger partial charge in [-0.05, 0) is 12.3 Å². The fourth-order valence-corrected chi connectivity index (χ4v) is 3.28. The first kappa shape index (κ1) is 15.2. The number of carbonyl (C=O) groups is 1. The highest BCUT2D eigenvalue weighted by molar-refractivity contribution is 7.84. The summed E-state index contributed by atoms with van der Waals surface area (Å²) in [6.45, 7) is 0.850. The fourth-order valence-electron chi connectivity index (χ4n) is 2.68. The van der Waals surface area contributed by atoms with Crippen LogP contribution in [0.4, 0.5) is 0 Å². The number of aromatic nitrogens is 3. The molecule has 1 aromatic heterocycles. The van der Waals surface area contributed by atoms with E-state index in [2.05, 4.69) is 15.5 Å². The van der Waals surface area contributed by atoms with Gasteiger partial charge in [-0.3, -0.25) is 13.6 Å². The average molecular weight is 298 g/mol. The first-order chi connectivity index (χ1) is 9.66. The Kier molecular flexibility index (Phi) is 5.70. The standard InChI is InChI=1S/C13H22N4O2S/c1-20(19)13-16-15-10-17(13)9-12(18)14-8-7-11-5-3-2-4-6-11/h10-11H,2-9H2,1H3,(H,14,18). The van der Waals surface area contributed by atoms with Gasteiger partial charge in [0.15, 0.2) is 0 Å². The van der Waals surface area contributed by atoms with Gasteiger partial charge < -0.3 is 5.32 Å². The Morgan fingerprint density at radius 2 is 2.20 bits per heavy atom. The Hall–Kier alpha value is -1.24. The Bertz CT molecular complexity index is 469. The summed E-state index contributed by atoms with van der Waals surface area (Å²) < 4.78 is 12.9. The molecule has 1 fully saturated rings. The summed E-state index contributed by atoms with van der Waals surface area (Å²) >= 11 is 0. The molecule has 1 unspecified atom stereocenters. The van der Waals surface area contributed by atoms with E-state index in [1.54, 1.807) is 0 Å². The maximum atomic E-state index is 11.8. The van der Waals surface area contributed by atoms with Gasteiger partial charge in [0.25, 0.3) is 0 Å². The summed E-state index contributed by atoms with van der Waals surface area (Å²) in [5.41, 5.74) is 0. The van der Waals surface area contributed by atoms with Crippen LogP contribution in [0.2, 0.25) is 0 Å².